The molecule has 1 saturated heterocycles. The summed E-state index contributed by atoms with van der Waals surface area (Å²) in [6.45, 7) is 2.08. The number of aryl methyl sites for hydroxylation is 1. The summed E-state index contributed by atoms with van der Waals surface area (Å²) in [5, 5.41) is 10.1. The van der Waals surface area contributed by atoms with Crippen molar-refractivity contribution >= 4 is 10.9 Å². The second-order valence-electron chi connectivity index (χ2n) is 4.32. The van der Waals surface area contributed by atoms with Crippen molar-refractivity contribution in [1.29, 1.82) is 0 Å². The van der Waals surface area contributed by atoms with Crippen LogP contribution in [0.5, 0.6) is 0 Å². The zero-order chi connectivity index (χ0) is 10.7. The van der Waals surface area contributed by atoms with Gasteiger partial charge in [-0.15, -0.1) is 0 Å². The van der Waals surface area contributed by atoms with Gasteiger partial charge in [-0.05, 0) is 36.2 Å². The van der Waals surface area contributed by atoms with Gasteiger partial charge in [-0.1, -0.05) is 29.8 Å². The summed E-state index contributed by atoms with van der Waals surface area (Å²) >= 11 is 0. The molecule has 0 radical (unpaired) electrons. The Kier molecular flexibility index (Phi) is 3.71. The van der Waals surface area contributed by atoms with Gasteiger partial charge in [0.1, 0.15) is 23.4 Å². The van der Waals surface area contributed by atoms with Crippen LogP contribution in [0.1, 0.15) is 30.1 Å². The van der Waals surface area contributed by atoms with Gasteiger partial charge >= 0.3 is 0 Å². The van der Waals surface area contributed by atoms with Crippen molar-refractivity contribution in [3.05, 3.63) is 35.4 Å². The highest BCUT2D eigenvalue weighted by molar-refractivity contribution is 7.97. The minimum atomic E-state index is -0.243. The highest BCUT2D eigenvalue weighted by atomic mass is 32.2. The van der Waals surface area contributed by atoms with Crippen LogP contribution in [-0.4, -0.2) is 22.4 Å². The monoisotopic (exact) mass is 223 g/mol. The van der Waals surface area contributed by atoms with E-state index in [0.29, 0.717) is 10.9 Å². The quantitative estimate of drug-likeness (QED) is 0.780. The number of hydrogen-bond donors (Lipinski definition) is 1. The molecule has 0 amide bonds. The summed E-state index contributed by atoms with van der Waals surface area (Å²) in [5.74, 6) is 3.65. The molecule has 1 nitrogen and oxygen atoms in total. The van der Waals surface area contributed by atoms with Gasteiger partial charge in [0.15, 0.2) is 0 Å². The van der Waals surface area contributed by atoms with E-state index in [1.54, 1.807) is 0 Å². The molecular formula is C13H19OS+. The van der Waals surface area contributed by atoms with Crippen molar-refractivity contribution in [3.63, 3.8) is 0 Å². The van der Waals surface area contributed by atoms with Gasteiger partial charge in [-0.25, -0.2) is 0 Å². The molecule has 1 aliphatic heterocycles. The SMILES string of the molecule is Cc1ccc(C(O)C[S+]2CCCC2)cc1. The molecule has 2 heteroatoms. The normalized spacial score (nSPS) is 19.3. The van der Waals surface area contributed by atoms with Crippen LogP contribution in [0.2, 0.25) is 0 Å². The zero-order valence-electron chi connectivity index (χ0n) is 9.28. The molecule has 1 aromatic rings. The van der Waals surface area contributed by atoms with Crippen LogP contribution in [0.15, 0.2) is 24.3 Å². The van der Waals surface area contributed by atoms with Crippen LogP contribution in [0.4, 0.5) is 0 Å². The smallest absolute Gasteiger partial charge is 0.138 e. The molecule has 1 N–H and O–H groups in total. The van der Waals surface area contributed by atoms with E-state index in [1.165, 1.54) is 29.9 Å². The lowest BCUT2D eigenvalue weighted by molar-refractivity contribution is 0.203. The number of benzene rings is 1. The molecule has 15 heavy (non-hydrogen) atoms. The molecule has 1 fully saturated rings. The van der Waals surface area contributed by atoms with E-state index in [4.69, 9.17) is 0 Å². The van der Waals surface area contributed by atoms with E-state index in [1.807, 2.05) is 0 Å². The molecule has 0 aromatic heterocycles. The Hall–Kier alpha value is -0.470. The van der Waals surface area contributed by atoms with Crippen molar-refractivity contribution in [2.75, 3.05) is 17.3 Å². The molecule has 0 spiro atoms. The first-order valence-electron chi connectivity index (χ1n) is 5.64. The molecule has 0 bridgehead atoms. The Morgan fingerprint density at radius 3 is 2.40 bits per heavy atom. The molecule has 1 heterocycles. The largest absolute Gasteiger partial charge is 0.383 e. The second kappa shape index (κ2) is 5.04. The molecule has 1 atom stereocenters. The van der Waals surface area contributed by atoms with Crippen molar-refractivity contribution in [2.45, 2.75) is 25.9 Å². The Balaban J connectivity index is 1.94. The fourth-order valence-electron chi connectivity index (χ4n) is 1.99. The van der Waals surface area contributed by atoms with Crippen molar-refractivity contribution in [3.8, 4) is 0 Å². The lowest BCUT2D eigenvalue weighted by atomic mass is 10.1. The summed E-state index contributed by atoms with van der Waals surface area (Å²) in [6, 6.07) is 8.27. The van der Waals surface area contributed by atoms with Gasteiger partial charge in [-0.2, -0.15) is 0 Å². The van der Waals surface area contributed by atoms with E-state index in [2.05, 4.69) is 31.2 Å². The van der Waals surface area contributed by atoms with Crippen molar-refractivity contribution < 1.29 is 5.11 Å². The Bertz CT molecular complexity index is 301. The van der Waals surface area contributed by atoms with Gasteiger partial charge in [0.2, 0.25) is 0 Å². The van der Waals surface area contributed by atoms with E-state index in [0.717, 1.165) is 11.3 Å². The summed E-state index contributed by atoms with van der Waals surface area (Å²) in [6.07, 6.45) is 2.49. The Labute approximate surface area is 94.9 Å². The summed E-state index contributed by atoms with van der Waals surface area (Å²) < 4.78 is 0. The molecule has 0 saturated carbocycles. The predicted molar refractivity (Wildman–Crippen MR) is 67.3 cm³/mol. The number of hydrogen-bond acceptors (Lipinski definition) is 1. The average molecular weight is 223 g/mol. The molecule has 1 unspecified atom stereocenters. The van der Waals surface area contributed by atoms with Gasteiger partial charge < -0.3 is 5.11 Å². The van der Waals surface area contributed by atoms with E-state index < -0.39 is 0 Å². The number of aliphatic hydroxyl groups is 1. The van der Waals surface area contributed by atoms with Crippen LogP contribution in [0.25, 0.3) is 0 Å². The molecule has 1 aliphatic rings. The molecule has 0 aliphatic carbocycles. The highest BCUT2D eigenvalue weighted by Crippen LogP contribution is 2.21. The van der Waals surface area contributed by atoms with Gasteiger partial charge in [-0.3, -0.25) is 0 Å². The fraction of sp³-hybridized carbons (Fsp3) is 0.538. The topological polar surface area (TPSA) is 20.2 Å². The minimum Gasteiger partial charge on any atom is -0.383 e. The first kappa shape index (κ1) is 11.0. The van der Waals surface area contributed by atoms with E-state index in [9.17, 15) is 5.11 Å². The maximum atomic E-state index is 10.1. The molecular weight excluding hydrogens is 204 g/mol. The van der Waals surface area contributed by atoms with Crippen LogP contribution < -0.4 is 0 Å². The van der Waals surface area contributed by atoms with Gasteiger partial charge in [0, 0.05) is 0 Å². The third-order valence-electron chi connectivity index (χ3n) is 2.97. The second-order valence-corrected chi connectivity index (χ2v) is 6.70. The third kappa shape index (κ3) is 2.99. The van der Waals surface area contributed by atoms with Crippen LogP contribution in [0.3, 0.4) is 0 Å². The van der Waals surface area contributed by atoms with Crippen molar-refractivity contribution in [1.82, 2.24) is 0 Å². The summed E-state index contributed by atoms with van der Waals surface area (Å²) in [5.41, 5.74) is 2.34. The Morgan fingerprint density at radius 1 is 1.20 bits per heavy atom. The van der Waals surface area contributed by atoms with E-state index in [-0.39, 0.29) is 6.10 Å². The fourth-order valence-corrected chi connectivity index (χ4v) is 4.39. The standard InChI is InChI=1S/C13H19OS/c1-11-4-6-12(7-5-11)13(14)10-15-8-2-3-9-15/h4-7,13-14H,2-3,8-10H2,1H3/q+1. The van der Waals surface area contributed by atoms with E-state index >= 15 is 0 Å². The zero-order valence-corrected chi connectivity index (χ0v) is 10.1. The molecule has 82 valence electrons. The average Bonchev–Trinajstić information content (AvgIpc) is 2.71. The van der Waals surface area contributed by atoms with Crippen molar-refractivity contribution in [2.24, 2.45) is 0 Å². The molecule has 2 rings (SSSR count). The maximum Gasteiger partial charge on any atom is 0.138 e. The molecule has 1 aromatic carbocycles. The summed E-state index contributed by atoms with van der Waals surface area (Å²) in [4.78, 5) is 0. The highest BCUT2D eigenvalue weighted by Gasteiger charge is 2.27. The first-order valence-corrected chi connectivity index (χ1v) is 7.37. The maximum absolute atomic E-state index is 10.1. The Morgan fingerprint density at radius 2 is 1.80 bits per heavy atom. The van der Waals surface area contributed by atoms with Crippen LogP contribution in [0, 0.1) is 6.92 Å². The number of rotatable bonds is 3. The lowest BCUT2D eigenvalue weighted by Crippen LogP contribution is -2.16. The minimum absolute atomic E-state index is 0.243. The van der Waals surface area contributed by atoms with Crippen LogP contribution >= 0.6 is 0 Å². The van der Waals surface area contributed by atoms with Gasteiger partial charge in [0.05, 0.1) is 0 Å². The van der Waals surface area contributed by atoms with Crippen LogP contribution in [-0.2, 0) is 10.9 Å². The third-order valence-corrected chi connectivity index (χ3v) is 5.49. The van der Waals surface area contributed by atoms with Gasteiger partial charge in [0.25, 0.3) is 0 Å². The predicted octanol–water partition coefficient (Wildman–Crippen LogP) is 2.44. The lowest BCUT2D eigenvalue weighted by Gasteiger charge is -2.10. The number of aliphatic hydroxyl groups excluding tert-OH is 1. The first-order chi connectivity index (χ1) is 7.25. The summed E-state index contributed by atoms with van der Waals surface area (Å²) in [7, 11) is 0.487.